The molecule has 0 bridgehead atoms. The highest BCUT2D eigenvalue weighted by atomic mass is 32.1. The van der Waals surface area contributed by atoms with Gasteiger partial charge in [-0.2, -0.15) is 0 Å². The third-order valence-corrected chi connectivity index (χ3v) is 4.04. The molecule has 0 unspecified atom stereocenters. The first kappa shape index (κ1) is 14.2. The van der Waals surface area contributed by atoms with Crippen molar-refractivity contribution in [3.05, 3.63) is 21.9 Å². The standard InChI is InChI=1S/C13H21NO2S/c1-6-16-11(4)13(15)14(5)10(3)12-8-7-9(2)17-12/h7-8,10-11H,6H2,1-5H3/t10-,11-/m1/s1. The molecule has 2 atom stereocenters. The minimum Gasteiger partial charge on any atom is -0.369 e. The van der Waals surface area contributed by atoms with Crippen LogP contribution >= 0.6 is 11.3 Å². The second-order valence-electron chi connectivity index (χ2n) is 4.17. The van der Waals surface area contributed by atoms with Gasteiger partial charge in [0.2, 0.25) is 0 Å². The van der Waals surface area contributed by atoms with E-state index in [2.05, 4.69) is 19.1 Å². The number of thiophene rings is 1. The lowest BCUT2D eigenvalue weighted by molar-refractivity contribution is -0.142. The van der Waals surface area contributed by atoms with E-state index in [-0.39, 0.29) is 18.1 Å². The van der Waals surface area contributed by atoms with E-state index in [9.17, 15) is 4.79 Å². The molecule has 4 heteroatoms. The zero-order chi connectivity index (χ0) is 13.0. The molecule has 3 nitrogen and oxygen atoms in total. The lowest BCUT2D eigenvalue weighted by Crippen LogP contribution is -2.37. The average Bonchev–Trinajstić information content (AvgIpc) is 2.73. The summed E-state index contributed by atoms with van der Waals surface area (Å²) in [6.45, 7) is 8.38. The molecule has 17 heavy (non-hydrogen) atoms. The monoisotopic (exact) mass is 255 g/mol. The van der Waals surface area contributed by atoms with Gasteiger partial charge in [-0.1, -0.05) is 0 Å². The van der Waals surface area contributed by atoms with Crippen LogP contribution in [0.15, 0.2) is 12.1 Å². The van der Waals surface area contributed by atoms with Gasteiger partial charge in [0.05, 0.1) is 6.04 Å². The fraction of sp³-hybridized carbons (Fsp3) is 0.615. The van der Waals surface area contributed by atoms with Crippen LogP contribution in [0.3, 0.4) is 0 Å². The van der Waals surface area contributed by atoms with Gasteiger partial charge in [-0.05, 0) is 39.8 Å². The maximum absolute atomic E-state index is 12.1. The number of carbonyl (C=O) groups excluding carboxylic acids is 1. The van der Waals surface area contributed by atoms with Gasteiger partial charge >= 0.3 is 0 Å². The van der Waals surface area contributed by atoms with E-state index in [0.29, 0.717) is 6.61 Å². The molecule has 0 aliphatic carbocycles. The van der Waals surface area contributed by atoms with Crippen molar-refractivity contribution in [1.82, 2.24) is 4.90 Å². The Bertz CT molecular complexity index is 375. The van der Waals surface area contributed by atoms with E-state index in [1.54, 1.807) is 23.2 Å². The first-order chi connectivity index (χ1) is 7.97. The van der Waals surface area contributed by atoms with Crippen LogP contribution in [0.2, 0.25) is 0 Å². The second-order valence-corrected chi connectivity index (χ2v) is 5.49. The van der Waals surface area contributed by atoms with E-state index in [1.165, 1.54) is 9.75 Å². The highest BCUT2D eigenvalue weighted by molar-refractivity contribution is 7.12. The zero-order valence-electron chi connectivity index (χ0n) is 11.2. The molecule has 0 aliphatic rings. The molecular formula is C13H21NO2S. The van der Waals surface area contributed by atoms with Gasteiger partial charge in [0.25, 0.3) is 5.91 Å². The summed E-state index contributed by atoms with van der Waals surface area (Å²) in [4.78, 5) is 16.3. The molecule has 0 radical (unpaired) electrons. The molecule has 1 aromatic heterocycles. The van der Waals surface area contributed by atoms with Crippen molar-refractivity contribution >= 4 is 17.2 Å². The van der Waals surface area contributed by atoms with E-state index < -0.39 is 0 Å². The summed E-state index contributed by atoms with van der Waals surface area (Å²) in [5, 5.41) is 0. The maximum Gasteiger partial charge on any atom is 0.251 e. The largest absolute Gasteiger partial charge is 0.369 e. The SMILES string of the molecule is CCO[C@H](C)C(=O)N(C)[C@H](C)c1ccc(C)s1. The van der Waals surface area contributed by atoms with Crippen molar-refractivity contribution in [2.24, 2.45) is 0 Å². The Morgan fingerprint density at radius 2 is 2.12 bits per heavy atom. The molecule has 0 N–H and O–H groups in total. The van der Waals surface area contributed by atoms with E-state index in [1.807, 2.05) is 20.9 Å². The molecule has 1 amide bonds. The third kappa shape index (κ3) is 3.54. The number of hydrogen-bond acceptors (Lipinski definition) is 3. The second kappa shape index (κ2) is 6.17. The van der Waals surface area contributed by atoms with Crippen LogP contribution in [-0.4, -0.2) is 30.6 Å². The van der Waals surface area contributed by atoms with Crippen LogP contribution in [-0.2, 0) is 9.53 Å². The maximum atomic E-state index is 12.1. The van der Waals surface area contributed by atoms with Gasteiger partial charge in [0.15, 0.2) is 0 Å². The number of carbonyl (C=O) groups is 1. The number of aryl methyl sites for hydroxylation is 1. The number of ether oxygens (including phenoxy) is 1. The van der Waals surface area contributed by atoms with Gasteiger partial charge in [0.1, 0.15) is 6.10 Å². The molecule has 0 aliphatic heterocycles. The lowest BCUT2D eigenvalue weighted by Gasteiger charge is -2.26. The van der Waals surface area contributed by atoms with Gasteiger partial charge in [-0.15, -0.1) is 11.3 Å². The summed E-state index contributed by atoms with van der Waals surface area (Å²) >= 11 is 1.73. The van der Waals surface area contributed by atoms with Gasteiger partial charge < -0.3 is 9.64 Å². The van der Waals surface area contributed by atoms with Crippen LogP contribution in [0.25, 0.3) is 0 Å². The van der Waals surface area contributed by atoms with Crippen molar-refractivity contribution in [2.45, 2.75) is 39.8 Å². The number of likely N-dealkylation sites (N-methyl/N-ethyl adjacent to an activating group) is 1. The number of nitrogens with zero attached hydrogens (tertiary/aromatic N) is 1. The minimum absolute atomic E-state index is 0.0328. The summed E-state index contributed by atoms with van der Waals surface area (Å²) in [6, 6.07) is 4.27. The molecule has 0 saturated heterocycles. The highest BCUT2D eigenvalue weighted by Gasteiger charge is 2.23. The minimum atomic E-state index is -0.367. The average molecular weight is 255 g/mol. The Morgan fingerprint density at radius 3 is 2.59 bits per heavy atom. The quantitative estimate of drug-likeness (QED) is 0.809. The van der Waals surface area contributed by atoms with Crippen molar-refractivity contribution in [3.63, 3.8) is 0 Å². The van der Waals surface area contributed by atoms with E-state index in [0.717, 1.165) is 0 Å². The molecule has 0 spiro atoms. The topological polar surface area (TPSA) is 29.5 Å². The number of rotatable bonds is 5. The van der Waals surface area contributed by atoms with E-state index in [4.69, 9.17) is 4.74 Å². The molecule has 0 fully saturated rings. The molecule has 1 rings (SSSR count). The zero-order valence-corrected chi connectivity index (χ0v) is 12.0. The third-order valence-electron chi connectivity index (χ3n) is 2.87. The predicted octanol–water partition coefficient (Wildman–Crippen LogP) is 3.00. The van der Waals surface area contributed by atoms with Gasteiger partial charge in [-0.25, -0.2) is 0 Å². The Balaban J connectivity index is 2.69. The Labute approximate surface area is 107 Å². The first-order valence-corrected chi connectivity index (χ1v) is 6.73. The first-order valence-electron chi connectivity index (χ1n) is 5.92. The normalized spacial score (nSPS) is 14.4. The number of hydrogen-bond donors (Lipinski definition) is 0. The van der Waals surface area contributed by atoms with Crippen LogP contribution in [0, 0.1) is 6.92 Å². The lowest BCUT2D eigenvalue weighted by atomic mass is 10.2. The molecule has 1 heterocycles. The molecular weight excluding hydrogens is 234 g/mol. The molecule has 0 aromatic carbocycles. The number of amides is 1. The van der Waals surface area contributed by atoms with Gasteiger partial charge in [0, 0.05) is 23.4 Å². The fourth-order valence-electron chi connectivity index (χ4n) is 1.67. The summed E-state index contributed by atoms with van der Waals surface area (Å²) in [5.41, 5.74) is 0. The van der Waals surface area contributed by atoms with Crippen molar-refractivity contribution < 1.29 is 9.53 Å². The fourth-order valence-corrected chi connectivity index (χ4v) is 2.64. The smallest absolute Gasteiger partial charge is 0.251 e. The summed E-state index contributed by atoms with van der Waals surface area (Å²) in [5.74, 6) is 0.0328. The van der Waals surface area contributed by atoms with Crippen LogP contribution in [0.4, 0.5) is 0 Å². The van der Waals surface area contributed by atoms with Crippen LogP contribution < -0.4 is 0 Å². The predicted molar refractivity (Wildman–Crippen MR) is 71.3 cm³/mol. The van der Waals surface area contributed by atoms with Crippen LogP contribution in [0.1, 0.15) is 36.6 Å². The Morgan fingerprint density at radius 1 is 1.47 bits per heavy atom. The van der Waals surface area contributed by atoms with Crippen molar-refractivity contribution in [2.75, 3.05) is 13.7 Å². The van der Waals surface area contributed by atoms with Crippen LogP contribution in [0.5, 0.6) is 0 Å². The molecule has 96 valence electrons. The van der Waals surface area contributed by atoms with Crippen molar-refractivity contribution in [1.29, 1.82) is 0 Å². The highest BCUT2D eigenvalue weighted by Crippen LogP contribution is 2.26. The summed E-state index contributed by atoms with van der Waals surface area (Å²) < 4.78 is 5.33. The summed E-state index contributed by atoms with van der Waals surface area (Å²) in [7, 11) is 1.83. The molecule has 1 aromatic rings. The van der Waals surface area contributed by atoms with Crippen molar-refractivity contribution in [3.8, 4) is 0 Å². The van der Waals surface area contributed by atoms with Gasteiger partial charge in [-0.3, -0.25) is 4.79 Å². The molecule has 0 saturated carbocycles. The van der Waals surface area contributed by atoms with E-state index >= 15 is 0 Å². The summed E-state index contributed by atoms with van der Waals surface area (Å²) in [6.07, 6.45) is -0.367. The Kier molecular flexibility index (Phi) is 5.15. The Hall–Kier alpha value is -0.870.